The maximum atomic E-state index is 11.3. The van der Waals surface area contributed by atoms with E-state index in [1.165, 1.54) is 0 Å². The predicted octanol–water partition coefficient (Wildman–Crippen LogP) is 1.81. The fraction of sp³-hybridized carbons (Fsp3) is 0. The Morgan fingerprint density at radius 1 is 1.00 bits per heavy atom. The molecule has 3 heteroatoms. The molecule has 0 aliphatic carbocycles. The molecule has 0 atom stereocenters. The zero-order valence-electron chi connectivity index (χ0n) is 7.81. The number of hydrogen-bond donors (Lipinski definition) is 0. The van der Waals surface area contributed by atoms with Gasteiger partial charge in [-0.05, 0) is 0 Å². The van der Waals surface area contributed by atoms with Gasteiger partial charge in [0.2, 0.25) is 0 Å². The maximum absolute atomic E-state index is 11.3. The van der Waals surface area contributed by atoms with Gasteiger partial charge in [-0.2, -0.15) is 0 Å². The molecule has 0 saturated carbocycles. The molecule has 1 aromatic carbocycles. The molecule has 72 valence electrons. The van der Waals surface area contributed by atoms with E-state index in [0.29, 0.717) is 0 Å². The van der Waals surface area contributed by atoms with Crippen molar-refractivity contribution in [3.05, 3.63) is 51.6 Å². The molecule has 3 rings (SSSR count). The monoisotopic (exact) mass is 261 g/mol. The molecule has 0 N–H and O–H groups in total. The van der Waals surface area contributed by atoms with Crippen molar-refractivity contribution in [1.82, 2.24) is 4.98 Å². The Kier molecular flexibility index (Phi) is 1.94. The average Bonchev–Trinajstić information content (AvgIpc) is 2.26. The number of benzene rings is 1. The summed E-state index contributed by atoms with van der Waals surface area (Å²) in [7, 11) is 0. The summed E-state index contributed by atoms with van der Waals surface area (Å²) in [6, 6.07) is 13.6. The molecule has 0 amide bonds. The van der Waals surface area contributed by atoms with E-state index < -0.39 is 0 Å². The quantitative estimate of drug-likeness (QED) is 0.455. The summed E-state index contributed by atoms with van der Waals surface area (Å²) < 4.78 is 1.14. The average molecular weight is 260 g/mol. The number of para-hydroxylation sites is 1. The van der Waals surface area contributed by atoms with Crippen LogP contribution in [0.4, 0.5) is 0 Å². The molecule has 15 heavy (non-hydrogen) atoms. The molecule has 2 heterocycles. The van der Waals surface area contributed by atoms with Crippen molar-refractivity contribution in [2.75, 3.05) is 0 Å². The molecular weight excluding hydrogens is 253 g/mol. The minimum atomic E-state index is -0.145. The van der Waals surface area contributed by atoms with Crippen LogP contribution in [0.15, 0.2) is 47.3 Å². The van der Waals surface area contributed by atoms with E-state index in [2.05, 4.69) is 11.1 Å². The van der Waals surface area contributed by atoms with Gasteiger partial charge in [-0.1, -0.05) is 0 Å². The Balaban J connectivity index is 2.53. The van der Waals surface area contributed by atoms with Crippen molar-refractivity contribution >= 4 is 35.2 Å². The molecular formula is C12H7NOSe. The normalized spacial score (nSPS) is 10.9. The zero-order valence-corrected chi connectivity index (χ0v) is 9.52. The molecule has 0 unspecified atom stereocenters. The fourth-order valence-corrected chi connectivity index (χ4v) is 3.10. The van der Waals surface area contributed by atoms with Gasteiger partial charge in [-0.25, -0.2) is 0 Å². The van der Waals surface area contributed by atoms with Gasteiger partial charge in [0.25, 0.3) is 0 Å². The van der Waals surface area contributed by atoms with Crippen LogP contribution in [0.1, 0.15) is 0 Å². The molecule has 3 aromatic rings. The Morgan fingerprint density at radius 2 is 1.87 bits per heavy atom. The molecule has 2 aromatic heterocycles. The Hall–Kier alpha value is -1.44. The third kappa shape index (κ3) is 1.50. The van der Waals surface area contributed by atoms with Crippen LogP contribution in [0.3, 0.4) is 0 Å². The third-order valence-electron chi connectivity index (χ3n) is 2.31. The number of nitrogens with zero attached hydrogens (tertiary/aromatic N) is 1. The number of fused-ring (bicyclic) bond motifs is 2. The fourth-order valence-electron chi connectivity index (χ4n) is 1.60. The van der Waals surface area contributed by atoms with Crippen LogP contribution < -0.4 is 4.30 Å². The Bertz CT molecular complexity index is 702. The summed E-state index contributed by atoms with van der Waals surface area (Å²) in [5.41, 5.74) is 0.973. The van der Waals surface area contributed by atoms with Crippen molar-refractivity contribution in [3.8, 4) is 0 Å². The summed E-state index contributed by atoms with van der Waals surface area (Å²) in [6.07, 6.45) is 0. The van der Waals surface area contributed by atoms with Crippen molar-refractivity contribution in [2.45, 2.75) is 0 Å². The molecule has 0 saturated heterocycles. The Labute approximate surface area is 91.9 Å². The molecule has 0 fully saturated rings. The second kappa shape index (κ2) is 3.30. The first-order valence-electron chi connectivity index (χ1n) is 4.62. The number of aromatic nitrogens is 1. The molecule has 0 radical (unpaired) electrons. The summed E-state index contributed by atoms with van der Waals surface area (Å²) in [6.45, 7) is 0. The van der Waals surface area contributed by atoms with Gasteiger partial charge in [0, 0.05) is 0 Å². The SMILES string of the molecule is O=c1ccc2cc3ccccc3nc2[se]1. The number of hydrogen-bond acceptors (Lipinski definition) is 2. The van der Waals surface area contributed by atoms with Crippen LogP contribution in [0.2, 0.25) is 0 Å². The summed E-state index contributed by atoms with van der Waals surface area (Å²) in [5, 5.41) is 2.22. The van der Waals surface area contributed by atoms with Gasteiger partial charge < -0.3 is 0 Å². The van der Waals surface area contributed by atoms with E-state index in [-0.39, 0.29) is 18.8 Å². The van der Waals surface area contributed by atoms with Crippen LogP contribution in [-0.4, -0.2) is 19.5 Å². The molecule has 0 aliphatic heterocycles. The van der Waals surface area contributed by atoms with E-state index in [4.69, 9.17) is 0 Å². The molecule has 0 bridgehead atoms. The topological polar surface area (TPSA) is 30.0 Å². The second-order valence-electron chi connectivity index (χ2n) is 3.33. The molecule has 2 nitrogen and oxygen atoms in total. The van der Waals surface area contributed by atoms with E-state index in [9.17, 15) is 4.79 Å². The first-order valence-corrected chi connectivity index (χ1v) is 6.34. The van der Waals surface area contributed by atoms with Crippen molar-refractivity contribution in [1.29, 1.82) is 0 Å². The van der Waals surface area contributed by atoms with Crippen molar-refractivity contribution in [2.24, 2.45) is 0 Å². The summed E-state index contributed by atoms with van der Waals surface area (Å²) in [5.74, 6) is 0. The van der Waals surface area contributed by atoms with E-state index in [0.717, 1.165) is 20.7 Å². The predicted molar refractivity (Wildman–Crippen MR) is 62.5 cm³/mol. The van der Waals surface area contributed by atoms with Crippen LogP contribution in [0.25, 0.3) is 20.7 Å². The summed E-state index contributed by atoms with van der Waals surface area (Å²) >= 11 is -0.145. The first-order chi connectivity index (χ1) is 7.33. The zero-order chi connectivity index (χ0) is 10.3. The van der Waals surface area contributed by atoms with Gasteiger partial charge in [0.15, 0.2) is 0 Å². The van der Waals surface area contributed by atoms with Crippen LogP contribution in [-0.2, 0) is 0 Å². The van der Waals surface area contributed by atoms with Gasteiger partial charge >= 0.3 is 91.7 Å². The second-order valence-corrected chi connectivity index (χ2v) is 5.41. The van der Waals surface area contributed by atoms with Gasteiger partial charge in [-0.15, -0.1) is 0 Å². The van der Waals surface area contributed by atoms with E-state index >= 15 is 0 Å². The number of rotatable bonds is 0. The summed E-state index contributed by atoms with van der Waals surface area (Å²) in [4.78, 5) is 15.8. The third-order valence-corrected chi connectivity index (χ3v) is 4.11. The number of pyridine rings is 1. The molecule has 0 spiro atoms. The van der Waals surface area contributed by atoms with E-state index in [1.54, 1.807) is 6.07 Å². The van der Waals surface area contributed by atoms with Crippen molar-refractivity contribution < 1.29 is 0 Å². The van der Waals surface area contributed by atoms with Gasteiger partial charge in [0.05, 0.1) is 0 Å². The van der Waals surface area contributed by atoms with E-state index in [1.807, 2.05) is 30.3 Å². The Morgan fingerprint density at radius 3 is 2.80 bits per heavy atom. The van der Waals surface area contributed by atoms with Crippen LogP contribution >= 0.6 is 0 Å². The minimum absolute atomic E-state index is 0.145. The van der Waals surface area contributed by atoms with Crippen LogP contribution in [0.5, 0.6) is 0 Å². The standard InChI is InChI=1S/C12H7NOSe/c14-11-6-5-9-7-8-3-1-2-4-10(8)13-12(9)15-11/h1-7H. The van der Waals surface area contributed by atoms with Crippen LogP contribution in [0, 0.1) is 0 Å². The van der Waals surface area contributed by atoms with Gasteiger partial charge in [0.1, 0.15) is 0 Å². The first kappa shape index (κ1) is 8.83. The van der Waals surface area contributed by atoms with Gasteiger partial charge in [-0.3, -0.25) is 0 Å². The van der Waals surface area contributed by atoms with Crippen molar-refractivity contribution in [3.63, 3.8) is 0 Å². The molecule has 0 aliphatic rings.